The van der Waals surface area contributed by atoms with E-state index < -0.39 is 0 Å². The van der Waals surface area contributed by atoms with E-state index in [1.54, 1.807) is 11.8 Å². The van der Waals surface area contributed by atoms with E-state index in [2.05, 4.69) is 204 Å². The molecule has 0 fully saturated rings. The van der Waals surface area contributed by atoms with E-state index in [4.69, 9.17) is 9.36 Å². The highest BCUT2D eigenvalue weighted by Gasteiger charge is 2.28. The van der Waals surface area contributed by atoms with Gasteiger partial charge in [0, 0.05) is 42.1 Å². The molecule has 7 heteroatoms. The Labute approximate surface area is 344 Å². The van der Waals surface area contributed by atoms with Crippen molar-refractivity contribution in [3.63, 3.8) is 0 Å². The van der Waals surface area contributed by atoms with Crippen molar-refractivity contribution in [2.24, 2.45) is 0 Å². The van der Waals surface area contributed by atoms with Gasteiger partial charge in [0.25, 0.3) is 0 Å². The summed E-state index contributed by atoms with van der Waals surface area (Å²) in [5, 5.41) is 0.888. The molecule has 0 unspecified atom stereocenters. The Morgan fingerprint density at radius 1 is 0.333 bits per heavy atom. The summed E-state index contributed by atoms with van der Waals surface area (Å²) in [5.74, 6) is 0.726. The predicted octanol–water partition coefficient (Wildman–Crippen LogP) is 15.1. The van der Waals surface area contributed by atoms with Gasteiger partial charge in [-0.3, -0.25) is 0 Å². The van der Waals surface area contributed by atoms with E-state index in [0.29, 0.717) is 0 Å². The zero-order chi connectivity index (χ0) is 37.7. The molecule has 3 heterocycles. The van der Waals surface area contributed by atoms with Gasteiger partial charge >= 0.3 is 0 Å². The molecule has 2 aliphatic heterocycles. The minimum atomic E-state index is 0.726. The topological polar surface area (TPSA) is 32.3 Å². The second kappa shape index (κ2) is 14.3. The smallest absolute Gasteiger partial charge is 0.173 e. The molecule has 270 valence electrons. The molecule has 0 N–H and O–H groups in total. The molecule has 0 aliphatic carbocycles. The van der Waals surface area contributed by atoms with Crippen molar-refractivity contribution in [1.29, 1.82) is 0 Å². The minimum absolute atomic E-state index is 0.726. The van der Waals surface area contributed by atoms with E-state index in [9.17, 15) is 0 Å². The number of para-hydroxylation sites is 2. The van der Waals surface area contributed by atoms with Crippen LogP contribution < -0.4 is 9.80 Å². The van der Waals surface area contributed by atoms with Crippen LogP contribution in [-0.4, -0.2) is 9.36 Å². The number of hydrogen-bond donors (Lipinski definition) is 0. The largest absolute Gasteiger partial charge is 0.308 e. The number of hydrogen-bond acceptors (Lipinski definition) is 7. The zero-order valence-electron chi connectivity index (χ0n) is 30.5. The van der Waals surface area contributed by atoms with Crippen LogP contribution in [0.1, 0.15) is 0 Å². The fraction of sp³-hybridized carbons (Fsp3) is 0. The second-order valence-electron chi connectivity index (χ2n) is 13.9. The van der Waals surface area contributed by atoms with E-state index in [-0.39, 0.29) is 0 Å². The van der Waals surface area contributed by atoms with Crippen molar-refractivity contribution in [3.05, 3.63) is 194 Å². The third-order valence-corrected chi connectivity index (χ3v) is 13.4. The summed E-state index contributed by atoms with van der Waals surface area (Å²) in [6, 6.07) is 69.4. The molecule has 2 aliphatic rings. The lowest BCUT2D eigenvalue weighted by atomic mass is 10.0. The highest BCUT2D eigenvalue weighted by molar-refractivity contribution is 8.00. The molecular formula is C50H32N4S3. The molecule has 57 heavy (non-hydrogen) atoms. The van der Waals surface area contributed by atoms with Crippen molar-refractivity contribution in [2.45, 2.75) is 19.6 Å². The van der Waals surface area contributed by atoms with Crippen LogP contribution in [0, 0.1) is 0 Å². The van der Waals surface area contributed by atoms with Crippen LogP contribution in [0.2, 0.25) is 0 Å². The SMILES string of the molecule is c1ccc(-c2cccc(N3c4ccccc4Sc4ccc(-c5nsc(-c6ccc7c(c6)N(c6cccc(-c8ccccc8)c6)c6ccccc6S7)n5)cc43)c2)cc1. The molecule has 0 amide bonds. The zero-order valence-corrected chi connectivity index (χ0v) is 32.9. The average Bonchev–Trinajstić information content (AvgIpc) is 3.78. The van der Waals surface area contributed by atoms with E-state index in [1.807, 2.05) is 11.8 Å². The number of fused-ring (bicyclic) bond motifs is 4. The van der Waals surface area contributed by atoms with Crippen LogP contribution in [0.5, 0.6) is 0 Å². The fourth-order valence-corrected chi connectivity index (χ4v) is 10.5. The monoisotopic (exact) mass is 784 g/mol. The van der Waals surface area contributed by atoms with Crippen molar-refractivity contribution < 1.29 is 0 Å². The van der Waals surface area contributed by atoms with Gasteiger partial charge in [-0.25, -0.2) is 4.98 Å². The Morgan fingerprint density at radius 3 is 1.35 bits per heavy atom. The quantitative estimate of drug-likeness (QED) is 0.167. The Kier molecular flexibility index (Phi) is 8.50. The van der Waals surface area contributed by atoms with E-state index in [1.165, 1.54) is 59.1 Å². The number of anilines is 6. The standard InChI is InChI=1S/C50H32N4S3/c1-3-13-33(14-4-1)35-17-11-19-39(29-35)53-41-21-7-9-23-45(41)55-47-27-25-37(31-43(47)53)49-51-50(57-52-49)38-26-28-48-44(32-38)54(42-22-8-10-24-46(42)56-48)40-20-12-18-36(30-40)34-15-5-2-6-16-34/h1-32H. The van der Waals surface area contributed by atoms with Gasteiger partial charge < -0.3 is 9.80 Å². The first-order chi connectivity index (χ1) is 28.2. The summed E-state index contributed by atoms with van der Waals surface area (Å²) in [6.45, 7) is 0. The molecule has 0 bridgehead atoms. The Morgan fingerprint density at radius 2 is 0.789 bits per heavy atom. The maximum absolute atomic E-state index is 5.20. The van der Waals surface area contributed by atoms with Gasteiger partial charge in [-0.05, 0) is 113 Å². The summed E-state index contributed by atoms with van der Waals surface area (Å²) in [5.41, 5.74) is 13.6. The van der Waals surface area contributed by atoms with Gasteiger partial charge in [0.1, 0.15) is 5.01 Å². The number of benzene rings is 8. The Hall–Kier alpha value is -6.38. The first kappa shape index (κ1) is 33.9. The average molecular weight is 785 g/mol. The third kappa shape index (κ3) is 6.21. The first-order valence-corrected chi connectivity index (χ1v) is 21.2. The number of aromatic nitrogens is 2. The summed E-state index contributed by atoms with van der Waals surface area (Å²) < 4.78 is 4.96. The molecule has 9 aromatic rings. The molecular weight excluding hydrogens is 753 g/mol. The molecule has 0 atom stereocenters. The Bertz CT molecular complexity index is 2750. The molecule has 11 rings (SSSR count). The second-order valence-corrected chi connectivity index (χ2v) is 16.9. The number of rotatable bonds is 6. The number of nitrogens with zero attached hydrogens (tertiary/aromatic N) is 4. The molecule has 0 saturated carbocycles. The van der Waals surface area contributed by atoms with Gasteiger partial charge in [0.05, 0.1) is 22.7 Å². The van der Waals surface area contributed by atoms with Gasteiger partial charge in [-0.1, -0.05) is 139 Å². The third-order valence-electron chi connectivity index (χ3n) is 10.4. The van der Waals surface area contributed by atoms with Crippen molar-refractivity contribution in [1.82, 2.24) is 9.36 Å². The molecule has 1 aromatic heterocycles. The molecule has 0 saturated heterocycles. The highest BCUT2D eigenvalue weighted by atomic mass is 32.2. The van der Waals surface area contributed by atoms with Crippen molar-refractivity contribution in [3.8, 4) is 44.2 Å². The van der Waals surface area contributed by atoms with Gasteiger partial charge in [-0.2, -0.15) is 4.37 Å². The van der Waals surface area contributed by atoms with Crippen molar-refractivity contribution >= 4 is 69.2 Å². The molecule has 4 nitrogen and oxygen atoms in total. The highest BCUT2D eigenvalue weighted by Crippen LogP contribution is 2.54. The van der Waals surface area contributed by atoms with Crippen LogP contribution >= 0.6 is 35.1 Å². The lowest BCUT2D eigenvalue weighted by Crippen LogP contribution is -2.15. The van der Waals surface area contributed by atoms with Crippen LogP contribution in [0.15, 0.2) is 214 Å². The first-order valence-electron chi connectivity index (χ1n) is 18.8. The minimum Gasteiger partial charge on any atom is -0.308 e. The molecule has 0 spiro atoms. The maximum atomic E-state index is 5.20. The normalized spacial score (nSPS) is 12.7. The van der Waals surface area contributed by atoms with Crippen LogP contribution in [0.3, 0.4) is 0 Å². The Balaban J connectivity index is 0.968. The van der Waals surface area contributed by atoms with Gasteiger partial charge in [0.15, 0.2) is 5.82 Å². The summed E-state index contributed by atoms with van der Waals surface area (Å²) in [7, 11) is 0. The van der Waals surface area contributed by atoms with Crippen molar-refractivity contribution in [2.75, 3.05) is 9.80 Å². The van der Waals surface area contributed by atoms with Crippen LogP contribution in [-0.2, 0) is 0 Å². The summed E-state index contributed by atoms with van der Waals surface area (Å²) >= 11 is 5.07. The van der Waals surface area contributed by atoms with E-state index in [0.717, 1.165) is 50.4 Å². The lowest BCUT2D eigenvalue weighted by molar-refractivity contribution is 1.16. The molecule has 0 radical (unpaired) electrons. The lowest BCUT2D eigenvalue weighted by Gasteiger charge is -2.33. The summed E-state index contributed by atoms with van der Waals surface area (Å²) in [6.07, 6.45) is 0. The van der Waals surface area contributed by atoms with Crippen LogP contribution in [0.4, 0.5) is 34.1 Å². The van der Waals surface area contributed by atoms with Crippen LogP contribution in [0.25, 0.3) is 44.2 Å². The van der Waals surface area contributed by atoms with Gasteiger partial charge in [0.2, 0.25) is 0 Å². The van der Waals surface area contributed by atoms with E-state index >= 15 is 0 Å². The maximum Gasteiger partial charge on any atom is 0.173 e. The van der Waals surface area contributed by atoms with Gasteiger partial charge in [-0.15, -0.1) is 0 Å². The molecule has 8 aromatic carbocycles. The predicted molar refractivity (Wildman–Crippen MR) is 239 cm³/mol. The summed E-state index contributed by atoms with van der Waals surface area (Å²) in [4.78, 5) is 14.8. The fourth-order valence-electron chi connectivity index (χ4n) is 7.71.